The number of benzene rings is 1. The fourth-order valence-electron chi connectivity index (χ4n) is 4.05. The van der Waals surface area contributed by atoms with Gasteiger partial charge in [-0.25, -0.2) is 0 Å². The van der Waals surface area contributed by atoms with Crippen molar-refractivity contribution < 1.29 is 4.74 Å². The Bertz CT molecular complexity index is 476. The van der Waals surface area contributed by atoms with Gasteiger partial charge in [-0.15, -0.1) is 0 Å². The number of nitrogens with one attached hydrogen (secondary N) is 1. The standard InChI is InChI=1S/C17H24N2O/c1-2-6-16-13(4-1)7-8-17(16)18-10-15-11-19-9-3-5-14(19)12-20-15/h1-2,4,6,14-15,17-18H,3,5,7-12H2. The molecule has 4 rings (SSSR count). The van der Waals surface area contributed by atoms with Gasteiger partial charge >= 0.3 is 0 Å². The largest absolute Gasteiger partial charge is 0.374 e. The van der Waals surface area contributed by atoms with Crippen LogP contribution in [-0.2, 0) is 11.2 Å². The molecule has 3 atom stereocenters. The molecule has 2 heterocycles. The van der Waals surface area contributed by atoms with E-state index >= 15 is 0 Å². The zero-order chi connectivity index (χ0) is 13.4. The van der Waals surface area contributed by atoms with Crippen LogP contribution in [0.4, 0.5) is 0 Å². The highest BCUT2D eigenvalue weighted by molar-refractivity contribution is 5.34. The van der Waals surface area contributed by atoms with Gasteiger partial charge in [0.05, 0.1) is 12.7 Å². The lowest BCUT2D eigenvalue weighted by Crippen LogP contribution is -2.49. The minimum Gasteiger partial charge on any atom is -0.374 e. The van der Waals surface area contributed by atoms with E-state index in [0.29, 0.717) is 18.2 Å². The molecule has 1 aromatic carbocycles. The van der Waals surface area contributed by atoms with Crippen LogP contribution in [0.25, 0.3) is 0 Å². The Kier molecular flexibility index (Phi) is 3.51. The van der Waals surface area contributed by atoms with Crippen LogP contribution < -0.4 is 5.32 Å². The molecule has 2 aliphatic heterocycles. The summed E-state index contributed by atoms with van der Waals surface area (Å²) >= 11 is 0. The molecule has 3 aliphatic rings. The van der Waals surface area contributed by atoms with E-state index in [1.54, 1.807) is 0 Å². The van der Waals surface area contributed by atoms with Crippen molar-refractivity contribution >= 4 is 0 Å². The van der Waals surface area contributed by atoms with Gasteiger partial charge in [0.2, 0.25) is 0 Å². The summed E-state index contributed by atoms with van der Waals surface area (Å²) in [5.41, 5.74) is 3.02. The molecule has 0 saturated carbocycles. The number of nitrogens with zero attached hydrogens (tertiary/aromatic N) is 1. The fraction of sp³-hybridized carbons (Fsp3) is 0.647. The van der Waals surface area contributed by atoms with Crippen molar-refractivity contribution in [2.24, 2.45) is 0 Å². The lowest BCUT2D eigenvalue weighted by molar-refractivity contribution is -0.0478. The maximum Gasteiger partial charge on any atom is 0.0827 e. The van der Waals surface area contributed by atoms with Crippen molar-refractivity contribution in [1.29, 1.82) is 0 Å². The molecule has 0 aromatic heterocycles. The molecule has 20 heavy (non-hydrogen) atoms. The zero-order valence-corrected chi connectivity index (χ0v) is 12.1. The number of hydrogen-bond donors (Lipinski definition) is 1. The summed E-state index contributed by atoms with van der Waals surface area (Å²) in [6.07, 6.45) is 5.50. The molecule has 2 saturated heterocycles. The van der Waals surface area contributed by atoms with Crippen LogP contribution in [-0.4, -0.2) is 43.3 Å². The Labute approximate surface area is 121 Å². The maximum absolute atomic E-state index is 6.04. The highest BCUT2D eigenvalue weighted by atomic mass is 16.5. The van der Waals surface area contributed by atoms with Crippen LogP contribution in [0.15, 0.2) is 24.3 Å². The SMILES string of the molecule is c1ccc2c(c1)CCC2NCC1CN2CCCC2CO1. The molecule has 2 fully saturated rings. The summed E-state index contributed by atoms with van der Waals surface area (Å²) in [5, 5.41) is 3.74. The third kappa shape index (κ3) is 2.39. The van der Waals surface area contributed by atoms with E-state index in [4.69, 9.17) is 4.74 Å². The van der Waals surface area contributed by atoms with Crippen LogP contribution in [0.1, 0.15) is 36.4 Å². The van der Waals surface area contributed by atoms with E-state index in [9.17, 15) is 0 Å². The molecule has 1 aromatic rings. The molecule has 3 heteroatoms. The normalized spacial score (nSPS) is 33.1. The molecule has 0 bridgehead atoms. The number of rotatable bonds is 3. The Morgan fingerprint density at radius 1 is 1.25 bits per heavy atom. The monoisotopic (exact) mass is 272 g/mol. The molecule has 1 N–H and O–H groups in total. The summed E-state index contributed by atoms with van der Waals surface area (Å²) in [7, 11) is 0. The Hall–Kier alpha value is -0.900. The van der Waals surface area contributed by atoms with Gasteiger partial charge in [-0.05, 0) is 43.4 Å². The zero-order valence-electron chi connectivity index (χ0n) is 12.1. The number of morpholine rings is 1. The van der Waals surface area contributed by atoms with E-state index in [1.165, 1.54) is 43.4 Å². The third-order valence-electron chi connectivity index (χ3n) is 5.19. The summed E-state index contributed by atoms with van der Waals surface area (Å²) in [6.45, 7) is 4.32. The summed E-state index contributed by atoms with van der Waals surface area (Å²) in [5.74, 6) is 0. The quantitative estimate of drug-likeness (QED) is 0.912. The van der Waals surface area contributed by atoms with E-state index in [0.717, 1.165) is 19.7 Å². The second kappa shape index (κ2) is 5.47. The van der Waals surface area contributed by atoms with E-state index in [-0.39, 0.29) is 0 Å². The van der Waals surface area contributed by atoms with Gasteiger partial charge in [-0.3, -0.25) is 4.90 Å². The van der Waals surface area contributed by atoms with Crippen LogP contribution >= 0.6 is 0 Å². The van der Waals surface area contributed by atoms with Crippen LogP contribution in [0.5, 0.6) is 0 Å². The van der Waals surface area contributed by atoms with E-state index < -0.39 is 0 Å². The average Bonchev–Trinajstić information content (AvgIpc) is 3.11. The van der Waals surface area contributed by atoms with Gasteiger partial charge < -0.3 is 10.1 Å². The van der Waals surface area contributed by atoms with Crippen molar-refractivity contribution in [3.05, 3.63) is 35.4 Å². The van der Waals surface area contributed by atoms with Crippen molar-refractivity contribution in [1.82, 2.24) is 10.2 Å². The van der Waals surface area contributed by atoms with Gasteiger partial charge in [-0.1, -0.05) is 24.3 Å². The smallest absolute Gasteiger partial charge is 0.0827 e. The number of hydrogen-bond acceptors (Lipinski definition) is 3. The molecule has 0 amide bonds. The van der Waals surface area contributed by atoms with Gasteiger partial charge in [0.25, 0.3) is 0 Å². The first-order valence-corrected chi connectivity index (χ1v) is 8.07. The van der Waals surface area contributed by atoms with E-state index in [2.05, 4.69) is 34.5 Å². The number of ether oxygens (including phenoxy) is 1. The predicted octanol–water partition coefficient (Wildman–Crippen LogP) is 2.13. The molecule has 108 valence electrons. The lowest BCUT2D eigenvalue weighted by Gasteiger charge is -2.35. The van der Waals surface area contributed by atoms with Gasteiger partial charge in [0.15, 0.2) is 0 Å². The summed E-state index contributed by atoms with van der Waals surface area (Å²) < 4.78 is 6.04. The van der Waals surface area contributed by atoms with Crippen LogP contribution in [0.2, 0.25) is 0 Å². The fourth-order valence-corrected chi connectivity index (χ4v) is 4.05. The average molecular weight is 272 g/mol. The summed E-state index contributed by atoms with van der Waals surface area (Å²) in [4.78, 5) is 2.62. The summed E-state index contributed by atoms with van der Waals surface area (Å²) in [6, 6.07) is 10.1. The minimum atomic E-state index is 0.372. The van der Waals surface area contributed by atoms with E-state index in [1.807, 2.05) is 0 Å². The first kappa shape index (κ1) is 12.8. The van der Waals surface area contributed by atoms with Gasteiger partial charge in [-0.2, -0.15) is 0 Å². The molecule has 3 unspecified atom stereocenters. The third-order valence-corrected chi connectivity index (χ3v) is 5.19. The first-order valence-electron chi connectivity index (χ1n) is 8.07. The Balaban J connectivity index is 1.33. The lowest BCUT2D eigenvalue weighted by atomic mass is 10.1. The van der Waals surface area contributed by atoms with Crippen molar-refractivity contribution in [2.45, 2.75) is 43.9 Å². The Morgan fingerprint density at radius 3 is 3.20 bits per heavy atom. The molecular formula is C17H24N2O. The molecule has 0 spiro atoms. The van der Waals surface area contributed by atoms with Crippen LogP contribution in [0, 0.1) is 0 Å². The molecule has 3 nitrogen and oxygen atoms in total. The number of fused-ring (bicyclic) bond motifs is 2. The highest BCUT2D eigenvalue weighted by Crippen LogP contribution is 2.31. The molecular weight excluding hydrogens is 248 g/mol. The molecule has 0 radical (unpaired) electrons. The molecule has 1 aliphatic carbocycles. The second-order valence-electron chi connectivity index (χ2n) is 6.44. The minimum absolute atomic E-state index is 0.372. The van der Waals surface area contributed by atoms with Gasteiger partial charge in [0, 0.05) is 25.2 Å². The van der Waals surface area contributed by atoms with Crippen LogP contribution in [0.3, 0.4) is 0 Å². The van der Waals surface area contributed by atoms with Crippen molar-refractivity contribution in [3.63, 3.8) is 0 Å². The predicted molar refractivity (Wildman–Crippen MR) is 79.8 cm³/mol. The first-order chi connectivity index (χ1) is 9.90. The number of aryl methyl sites for hydroxylation is 1. The van der Waals surface area contributed by atoms with Crippen molar-refractivity contribution in [2.75, 3.05) is 26.2 Å². The topological polar surface area (TPSA) is 24.5 Å². The second-order valence-corrected chi connectivity index (χ2v) is 6.44. The Morgan fingerprint density at radius 2 is 2.20 bits per heavy atom. The van der Waals surface area contributed by atoms with Crippen molar-refractivity contribution in [3.8, 4) is 0 Å². The maximum atomic E-state index is 6.04. The van der Waals surface area contributed by atoms with Gasteiger partial charge in [0.1, 0.15) is 0 Å². The highest BCUT2D eigenvalue weighted by Gasteiger charge is 2.32.